The van der Waals surface area contributed by atoms with Crippen LogP contribution in [0.15, 0.2) is 22.4 Å². The molecule has 2 heterocycles. The summed E-state index contributed by atoms with van der Waals surface area (Å²) in [5, 5.41) is 2.42. The van der Waals surface area contributed by atoms with Gasteiger partial charge in [0.1, 0.15) is 0 Å². The van der Waals surface area contributed by atoms with Gasteiger partial charge < -0.3 is 9.15 Å². The zero-order valence-electron chi connectivity index (χ0n) is 7.97. The van der Waals surface area contributed by atoms with Crippen LogP contribution < -0.4 is 0 Å². The quantitative estimate of drug-likeness (QED) is 0.746. The van der Waals surface area contributed by atoms with Crippen LogP contribution in [0.25, 0.3) is 10.8 Å². The second-order valence-electron chi connectivity index (χ2n) is 2.59. The van der Waals surface area contributed by atoms with E-state index in [2.05, 4.69) is 9.97 Å². The molecule has 0 spiro atoms. The standard InChI is InChI=1S/C9H8N2O3S/c1-2-13-9(12)6-7(14-5-11-6)8-10-3-4-15-8/h3-5H,2H2,1H3. The van der Waals surface area contributed by atoms with Gasteiger partial charge in [0.15, 0.2) is 22.9 Å². The van der Waals surface area contributed by atoms with Crippen molar-refractivity contribution in [3.05, 3.63) is 23.7 Å². The Kier molecular flexibility index (Phi) is 2.77. The van der Waals surface area contributed by atoms with Crippen LogP contribution >= 0.6 is 11.3 Å². The summed E-state index contributed by atoms with van der Waals surface area (Å²) < 4.78 is 9.95. The third-order valence-corrected chi connectivity index (χ3v) is 2.43. The van der Waals surface area contributed by atoms with Crippen molar-refractivity contribution < 1.29 is 13.9 Å². The highest BCUT2D eigenvalue weighted by Crippen LogP contribution is 2.25. The molecule has 0 atom stereocenters. The van der Waals surface area contributed by atoms with E-state index in [0.29, 0.717) is 17.4 Å². The van der Waals surface area contributed by atoms with Crippen LogP contribution in [0.2, 0.25) is 0 Å². The molecule has 0 amide bonds. The summed E-state index contributed by atoms with van der Waals surface area (Å²) in [4.78, 5) is 19.3. The van der Waals surface area contributed by atoms with Gasteiger partial charge in [-0.05, 0) is 6.92 Å². The van der Waals surface area contributed by atoms with Crippen molar-refractivity contribution in [1.29, 1.82) is 0 Å². The van der Waals surface area contributed by atoms with Crippen molar-refractivity contribution in [2.24, 2.45) is 0 Å². The Balaban J connectivity index is 2.34. The predicted molar refractivity (Wildman–Crippen MR) is 53.6 cm³/mol. The summed E-state index contributed by atoms with van der Waals surface area (Å²) in [6.45, 7) is 2.05. The van der Waals surface area contributed by atoms with Gasteiger partial charge >= 0.3 is 5.97 Å². The maximum atomic E-state index is 11.5. The Bertz CT molecular complexity index is 450. The van der Waals surface area contributed by atoms with E-state index in [1.165, 1.54) is 17.7 Å². The number of nitrogens with zero attached hydrogens (tertiary/aromatic N) is 2. The molecule has 0 saturated carbocycles. The molecule has 78 valence electrons. The molecule has 0 radical (unpaired) electrons. The highest BCUT2D eigenvalue weighted by atomic mass is 32.1. The van der Waals surface area contributed by atoms with Gasteiger partial charge in [0.05, 0.1) is 6.61 Å². The minimum atomic E-state index is -0.489. The average Bonchev–Trinajstić information content (AvgIpc) is 2.88. The maximum absolute atomic E-state index is 11.5. The number of hydrogen-bond donors (Lipinski definition) is 0. The van der Waals surface area contributed by atoms with E-state index in [1.807, 2.05) is 0 Å². The molecule has 2 aromatic rings. The number of carbonyl (C=O) groups is 1. The molecule has 5 nitrogen and oxygen atoms in total. The first kappa shape index (κ1) is 9.85. The topological polar surface area (TPSA) is 65.2 Å². The monoisotopic (exact) mass is 224 g/mol. The highest BCUT2D eigenvalue weighted by Gasteiger charge is 2.20. The zero-order valence-corrected chi connectivity index (χ0v) is 8.78. The molecule has 0 fully saturated rings. The van der Waals surface area contributed by atoms with Crippen molar-refractivity contribution in [3.8, 4) is 10.8 Å². The summed E-state index contributed by atoms with van der Waals surface area (Å²) in [6.07, 6.45) is 2.85. The Morgan fingerprint density at radius 2 is 2.47 bits per heavy atom. The smallest absolute Gasteiger partial charge is 0.361 e. The molecular weight excluding hydrogens is 216 g/mol. The lowest BCUT2D eigenvalue weighted by Crippen LogP contribution is -2.06. The second kappa shape index (κ2) is 4.22. The van der Waals surface area contributed by atoms with Crippen LogP contribution in [0.5, 0.6) is 0 Å². The van der Waals surface area contributed by atoms with Crippen LogP contribution in [0, 0.1) is 0 Å². The van der Waals surface area contributed by atoms with Gasteiger partial charge in [-0.15, -0.1) is 11.3 Å². The molecule has 0 N–H and O–H groups in total. The Labute approximate surface area is 89.7 Å². The van der Waals surface area contributed by atoms with Crippen LogP contribution in [0.3, 0.4) is 0 Å². The lowest BCUT2D eigenvalue weighted by molar-refractivity contribution is 0.0520. The predicted octanol–water partition coefficient (Wildman–Crippen LogP) is 1.97. The summed E-state index contributed by atoms with van der Waals surface area (Å²) in [5.41, 5.74) is 0.173. The Morgan fingerprint density at radius 3 is 3.13 bits per heavy atom. The van der Waals surface area contributed by atoms with Crippen molar-refractivity contribution in [2.75, 3.05) is 6.61 Å². The van der Waals surface area contributed by atoms with Gasteiger partial charge in [-0.25, -0.2) is 14.8 Å². The van der Waals surface area contributed by atoms with Crippen molar-refractivity contribution in [1.82, 2.24) is 9.97 Å². The molecule has 0 bridgehead atoms. The first-order chi connectivity index (χ1) is 7.33. The third kappa shape index (κ3) is 1.89. The number of esters is 1. The molecule has 0 saturated heterocycles. The molecule has 0 aromatic carbocycles. The summed E-state index contributed by atoms with van der Waals surface area (Å²) >= 11 is 1.38. The third-order valence-electron chi connectivity index (χ3n) is 1.66. The van der Waals surface area contributed by atoms with E-state index in [1.54, 1.807) is 18.5 Å². The number of thiazole rings is 1. The molecule has 15 heavy (non-hydrogen) atoms. The lowest BCUT2D eigenvalue weighted by atomic mass is 10.3. The fraction of sp³-hybridized carbons (Fsp3) is 0.222. The Morgan fingerprint density at radius 1 is 1.60 bits per heavy atom. The van der Waals surface area contributed by atoms with Crippen molar-refractivity contribution in [3.63, 3.8) is 0 Å². The van der Waals surface area contributed by atoms with Gasteiger partial charge in [0, 0.05) is 11.6 Å². The fourth-order valence-corrected chi connectivity index (χ4v) is 1.70. The van der Waals surface area contributed by atoms with Crippen LogP contribution in [0.1, 0.15) is 17.4 Å². The molecular formula is C9H8N2O3S. The van der Waals surface area contributed by atoms with E-state index in [4.69, 9.17) is 9.15 Å². The molecule has 6 heteroatoms. The van der Waals surface area contributed by atoms with E-state index in [9.17, 15) is 4.79 Å². The van der Waals surface area contributed by atoms with Crippen LogP contribution in [0.4, 0.5) is 0 Å². The van der Waals surface area contributed by atoms with Crippen LogP contribution in [-0.4, -0.2) is 22.5 Å². The lowest BCUT2D eigenvalue weighted by Gasteiger charge is -1.98. The molecule has 0 aliphatic rings. The normalized spacial score (nSPS) is 10.2. The van der Waals surface area contributed by atoms with E-state index >= 15 is 0 Å². The van der Waals surface area contributed by atoms with Gasteiger partial charge in [-0.2, -0.15) is 0 Å². The molecule has 2 aromatic heterocycles. The van der Waals surface area contributed by atoms with Gasteiger partial charge in [-0.3, -0.25) is 0 Å². The Hall–Kier alpha value is -1.69. The van der Waals surface area contributed by atoms with Crippen molar-refractivity contribution >= 4 is 17.3 Å². The number of carbonyl (C=O) groups excluding carboxylic acids is 1. The maximum Gasteiger partial charge on any atom is 0.361 e. The largest absolute Gasteiger partial charge is 0.461 e. The van der Waals surface area contributed by atoms with E-state index in [0.717, 1.165) is 0 Å². The summed E-state index contributed by atoms with van der Waals surface area (Å²) in [5.74, 6) is -0.125. The number of oxazole rings is 1. The van der Waals surface area contributed by atoms with E-state index < -0.39 is 5.97 Å². The number of ether oxygens (including phenoxy) is 1. The minimum absolute atomic E-state index is 0.173. The molecule has 0 unspecified atom stereocenters. The average molecular weight is 224 g/mol. The highest BCUT2D eigenvalue weighted by molar-refractivity contribution is 7.13. The van der Waals surface area contributed by atoms with Crippen LogP contribution in [-0.2, 0) is 4.74 Å². The molecule has 0 aliphatic heterocycles. The zero-order chi connectivity index (χ0) is 10.7. The second-order valence-corrected chi connectivity index (χ2v) is 3.48. The summed E-state index contributed by atoms with van der Waals surface area (Å²) in [7, 11) is 0. The first-order valence-electron chi connectivity index (χ1n) is 4.33. The molecule has 2 rings (SSSR count). The SMILES string of the molecule is CCOC(=O)c1ncoc1-c1nccs1. The minimum Gasteiger partial charge on any atom is -0.461 e. The number of hydrogen-bond acceptors (Lipinski definition) is 6. The van der Waals surface area contributed by atoms with Gasteiger partial charge in [0.25, 0.3) is 0 Å². The fourth-order valence-electron chi connectivity index (χ4n) is 1.08. The van der Waals surface area contributed by atoms with E-state index in [-0.39, 0.29) is 5.69 Å². The van der Waals surface area contributed by atoms with Gasteiger partial charge in [-0.1, -0.05) is 0 Å². The van der Waals surface area contributed by atoms with Crippen molar-refractivity contribution in [2.45, 2.75) is 6.92 Å². The molecule has 0 aliphatic carbocycles. The number of rotatable bonds is 3. The number of aromatic nitrogens is 2. The van der Waals surface area contributed by atoms with Gasteiger partial charge in [0.2, 0.25) is 0 Å². The first-order valence-corrected chi connectivity index (χ1v) is 5.21. The summed E-state index contributed by atoms with van der Waals surface area (Å²) in [6, 6.07) is 0.